The summed E-state index contributed by atoms with van der Waals surface area (Å²) in [5.41, 5.74) is 6.91. The molecule has 14 heteroatoms. The minimum Gasteiger partial charge on any atom is -0.387 e. The Morgan fingerprint density at radius 1 is 1.33 bits per heavy atom. The van der Waals surface area contributed by atoms with Crippen LogP contribution in [0.15, 0.2) is 17.6 Å². The van der Waals surface area contributed by atoms with Gasteiger partial charge in [0.25, 0.3) is 0 Å². The average Bonchev–Trinajstić information content (AvgIpc) is 3.11. The summed E-state index contributed by atoms with van der Waals surface area (Å²) in [4.78, 5) is 26.0. The van der Waals surface area contributed by atoms with Gasteiger partial charge in [-0.3, -0.25) is 4.52 Å². The number of ether oxygens (including phenoxy) is 1. The van der Waals surface area contributed by atoms with Gasteiger partial charge in [-0.15, -0.1) is 0 Å². The van der Waals surface area contributed by atoms with E-state index in [9.17, 15) is 14.8 Å². The maximum absolute atomic E-state index is 10.9. The van der Waals surface area contributed by atoms with Crippen molar-refractivity contribution in [1.82, 2.24) is 14.5 Å². The highest BCUT2D eigenvalue weighted by Gasteiger charge is 2.45. The Hall–Kier alpha value is -2.12. The second-order valence-electron chi connectivity index (χ2n) is 6.19. The molecule has 27 heavy (non-hydrogen) atoms. The Balaban J connectivity index is 1.72. The molecule has 146 valence electrons. The fraction of sp³-hybridized carbons (Fsp3) is 0.462. The summed E-state index contributed by atoms with van der Waals surface area (Å²) in [6.07, 6.45) is -2.17. The molecule has 2 aliphatic heterocycles. The number of phosphoric acid groups is 1. The Labute approximate surface area is 151 Å². The summed E-state index contributed by atoms with van der Waals surface area (Å²) in [5, 5.41) is 26.8. The molecular formula is C13H17N6O7P. The van der Waals surface area contributed by atoms with Crippen LogP contribution in [0.4, 0.5) is 5.82 Å². The van der Waals surface area contributed by atoms with E-state index in [0.717, 1.165) is 0 Å². The van der Waals surface area contributed by atoms with Gasteiger partial charge in [-0.1, -0.05) is 0 Å². The smallest absolute Gasteiger partial charge is 0.387 e. The van der Waals surface area contributed by atoms with Gasteiger partial charge in [0.2, 0.25) is 0 Å². The SMILES string of the molecule is CN1N=C(N)c2cn([C@@H]3OC(COP(=O)(O)O)C(O)C3O)c3ncnc1c23. The predicted octanol–water partition coefficient (Wildman–Crippen LogP) is -1.77. The number of aromatic nitrogens is 3. The van der Waals surface area contributed by atoms with Crippen molar-refractivity contribution in [3.05, 3.63) is 18.1 Å². The molecule has 1 saturated heterocycles. The van der Waals surface area contributed by atoms with E-state index in [0.29, 0.717) is 22.4 Å². The van der Waals surface area contributed by atoms with E-state index >= 15 is 0 Å². The van der Waals surface area contributed by atoms with Gasteiger partial charge in [0, 0.05) is 18.8 Å². The number of amidine groups is 1. The van der Waals surface area contributed by atoms with Crippen LogP contribution in [0.1, 0.15) is 11.8 Å². The minimum absolute atomic E-state index is 0.220. The van der Waals surface area contributed by atoms with E-state index in [-0.39, 0.29) is 5.84 Å². The molecule has 4 atom stereocenters. The first-order chi connectivity index (χ1) is 12.7. The van der Waals surface area contributed by atoms with Crippen LogP contribution < -0.4 is 10.7 Å². The number of phosphoric ester groups is 1. The molecule has 4 rings (SSSR count). The molecule has 0 saturated carbocycles. The number of hydrogen-bond acceptors (Lipinski definition) is 10. The van der Waals surface area contributed by atoms with Crippen molar-refractivity contribution < 1.29 is 33.8 Å². The zero-order valence-electron chi connectivity index (χ0n) is 13.9. The summed E-state index contributed by atoms with van der Waals surface area (Å²) in [5.74, 6) is 0.732. The van der Waals surface area contributed by atoms with Crippen LogP contribution in [-0.2, 0) is 13.8 Å². The number of anilines is 1. The topological polar surface area (TPSA) is 189 Å². The first-order valence-corrected chi connectivity index (χ1v) is 9.36. The zero-order valence-corrected chi connectivity index (χ0v) is 14.8. The molecule has 4 heterocycles. The molecule has 6 N–H and O–H groups in total. The molecule has 0 bridgehead atoms. The van der Waals surface area contributed by atoms with Gasteiger partial charge in [0.05, 0.1) is 12.0 Å². The Kier molecular flexibility index (Phi) is 4.20. The summed E-state index contributed by atoms with van der Waals surface area (Å²) in [6, 6.07) is 0. The van der Waals surface area contributed by atoms with Gasteiger partial charge in [0.1, 0.15) is 30.3 Å². The lowest BCUT2D eigenvalue weighted by Crippen LogP contribution is -2.33. The van der Waals surface area contributed by atoms with Crippen molar-refractivity contribution in [2.45, 2.75) is 24.5 Å². The monoisotopic (exact) mass is 400 g/mol. The van der Waals surface area contributed by atoms with E-state index in [1.165, 1.54) is 15.9 Å². The summed E-state index contributed by atoms with van der Waals surface area (Å²) < 4.78 is 22.3. The van der Waals surface area contributed by atoms with Crippen LogP contribution in [-0.4, -0.2) is 72.3 Å². The Morgan fingerprint density at radius 3 is 2.78 bits per heavy atom. The molecule has 0 amide bonds. The van der Waals surface area contributed by atoms with Crippen molar-refractivity contribution in [1.29, 1.82) is 0 Å². The van der Waals surface area contributed by atoms with E-state index in [1.54, 1.807) is 13.2 Å². The van der Waals surface area contributed by atoms with Crippen molar-refractivity contribution in [2.75, 3.05) is 18.7 Å². The van der Waals surface area contributed by atoms with Crippen molar-refractivity contribution >= 4 is 30.5 Å². The van der Waals surface area contributed by atoms with Crippen LogP contribution in [0.3, 0.4) is 0 Å². The number of nitrogens with two attached hydrogens (primary N) is 1. The largest absolute Gasteiger partial charge is 0.469 e. The quantitative estimate of drug-likeness (QED) is 0.365. The summed E-state index contributed by atoms with van der Waals surface area (Å²) >= 11 is 0. The van der Waals surface area contributed by atoms with Crippen molar-refractivity contribution in [2.24, 2.45) is 10.8 Å². The minimum atomic E-state index is -4.75. The lowest BCUT2D eigenvalue weighted by Gasteiger charge is -2.19. The van der Waals surface area contributed by atoms with Crippen LogP contribution in [0.5, 0.6) is 0 Å². The Morgan fingerprint density at radius 2 is 2.07 bits per heavy atom. The molecule has 0 aliphatic carbocycles. The normalized spacial score (nSPS) is 28.0. The fourth-order valence-electron chi connectivity index (χ4n) is 3.23. The maximum atomic E-state index is 10.9. The van der Waals surface area contributed by atoms with E-state index in [1.807, 2.05) is 0 Å². The molecule has 0 aromatic carbocycles. The predicted molar refractivity (Wildman–Crippen MR) is 90.6 cm³/mol. The van der Waals surface area contributed by atoms with Crippen LogP contribution >= 0.6 is 7.82 Å². The molecule has 2 aliphatic rings. The lowest BCUT2D eigenvalue weighted by atomic mass is 10.1. The fourth-order valence-corrected chi connectivity index (χ4v) is 3.57. The standard InChI is InChI=1S/C13H17N6O7P/c1-18-11-7-5(10(14)17-18)2-19(12(7)16-4-15-11)13-9(21)8(20)6(26-13)3-25-27(22,23)24/h2,4,6,8-9,13,20-21H,3H2,1H3,(H2,14,17)(H2,22,23,24)/t6?,8?,9?,13-/m1/s1. The molecule has 2 aromatic heterocycles. The molecular weight excluding hydrogens is 383 g/mol. The van der Waals surface area contributed by atoms with Crippen molar-refractivity contribution in [3.63, 3.8) is 0 Å². The second kappa shape index (κ2) is 6.21. The van der Waals surface area contributed by atoms with Gasteiger partial charge in [-0.2, -0.15) is 5.10 Å². The highest BCUT2D eigenvalue weighted by atomic mass is 31.2. The van der Waals surface area contributed by atoms with Crippen LogP contribution in [0.2, 0.25) is 0 Å². The molecule has 0 spiro atoms. The first kappa shape index (κ1) is 18.3. The summed E-state index contributed by atoms with van der Waals surface area (Å²) in [6.45, 7) is -0.600. The lowest BCUT2D eigenvalue weighted by molar-refractivity contribution is -0.0501. The molecule has 3 unspecified atom stereocenters. The first-order valence-electron chi connectivity index (χ1n) is 7.83. The van der Waals surface area contributed by atoms with Gasteiger partial charge in [-0.25, -0.2) is 19.5 Å². The number of rotatable bonds is 4. The molecule has 2 aromatic rings. The molecule has 1 fully saturated rings. The van der Waals surface area contributed by atoms with E-state index in [2.05, 4.69) is 19.6 Å². The molecule has 13 nitrogen and oxygen atoms in total. The third-order valence-electron chi connectivity index (χ3n) is 4.45. The number of aliphatic hydroxyl groups is 2. The van der Waals surface area contributed by atoms with Gasteiger partial charge in [-0.05, 0) is 0 Å². The van der Waals surface area contributed by atoms with Crippen LogP contribution in [0.25, 0.3) is 11.0 Å². The summed E-state index contributed by atoms with van der Waals surface area (Å²) in [7, 11) is -3.07. The maximum Gasteiger partial charge on any atom is 0.469 e. The van der Waals surface area contributed by atoms with Gasteiger partial charge in [0.15, 0.2) is 17.9 Å². The highest BCUT2D eigenvalue weighted by molar-refractivity contribution is 7.46. The third-order valence-corrected chi connectivity index (χ3v) is 4.93. The molecule has 0 radical (unpaired) electrons. The number of aliphatic hydroxyl groups excluding tert-OH is 2. The van der Waals surface area contributed by atoms with E-state index < -0.39 is 39.0 Å². The third kappa shape index (κ3) is 2.99. The average molecular weight is 400 g/mol. The number of nitrogens with zero attached hydrogens (tertiary/aromatic N) is 5. The van der Waals surface area contributed by atoms with Crippen molar-refractivity contribution in [3.8, 4) is 0 Å². The Bertz CT molecular complexity index is 973. The number of hydrogen-bond donors (Lipinski definition) is 5. The van der Waals surface area contributed by atoms with E-state index in [4.69, 9.17) is 20.3 Å². The zero-order chi connectivity index (χ0) is 19.5. The van der Waals surface area contributed by atoms with Crippen LogP contribution in [0, 0.1) is 0 Å². The van der Waals surface area contributed by atoms with Gasteiger partial charge < -0.3 is 35.0 Å². The van der Waals surface area contributed by atoms with Gasteiger partial charge >= 0.3 is 7.82 Å². The highest BCUT2D eigenvalue weighted by Crippen LogP contribution is 2.40. The second-order valence-corrected chi connectivity index (χ2v) is 7.43. The number of hydrazone groups is 1.